The highest BCUT2D eigenvalue weighted by molar-refractivity contribution is 6.04. The van der Waals surface area contributed by atoms with Gasteiger partial charge in [0.25, 0.3) is 5.91 Å². The molecule has 18 heavy (non-hydrogen) atoms. The summed E-state index contributed by atoms with van der Waals surface area (Å²) in [6.07, 6.45) is 1.54. The third-order valence-corrected chi connectivity index (χ3v) is 2.81. The Morgan fingerprint density at radius 3 is 2.56 bits per heavy atom. The van der Waals surface area contributed by atoms with Crippen LogP contribution in [0.15, 0.2) is 36.5 Å². The van der Waals surface area contributed by atoms with Crippen molar-refractivity contribution in [1.82, 2.24) is 4.98 Å². The van der Waals surface area contributed by atoms with Crippen molar-refractivity contribution in [2.24, 2.45) is 0 Å². The number of hydrogen-bond donors (Lipinski definition) is 2. The Bertz CT molecular complexity index is 576. The fourth-order valence-corrected chi connectivity index (χ4v) is 1.57. The summed E-state index contributed by atoms with van der Waals surface area (Å²) in [7, 11) is 0. The van der Waals surface area contributed by atoms with Crippen LogP contribution in [0.3, 0.4) is 0 Å². The van der Waals surface area contributed by atoms with Gasteiger partial charge in [0.05, 0.1) is 11.9 Å². The van der Waals surface area contributed by atoms with Crippen LogP contribution in [0.4, 0.5) is 11.5 Å². The van der Waals surface area contributed by atoms with Crippen molar-refractivity contribution in [2.45, 2.75) is 13.8 Å². The predicted octanol–water partition coefficient (Wildman–Crippen LogP) is 2.53. The van der Waals surface area contributed by atoms with E-state index < -0.39 is 0 Å². The zero-order valence-corrected chi connectivity index (χ0v) is 10.4. The summed E-state index contributed by atoms with van der Waals surface area (Å²) in [5, 5.41) is 2.78. The molecule has 1 aromatic heterocycles. The number of rotatable bonds is 2. The second-order valence-corrected chi connectivity index (χ2v) is 4.22. The van der Waals surface area contributed by atoms with Crippen LogP contribution in [0.2, 0.25) is 0 Å². The predicted molar refractivity (Wildman–Crippen MR) is 72.5 cm³/mol. The molecule has 2 aromatic rings. The van der Waals surface area contributed by atoms with E-state index in [1.165, 1.54) is 11.8 Å². The maximum absolute atomic E-state index is 12.0. The molecule has 0 radical (unpaired) electrons. The summed E-state index contributed by atoms with van der Waals surface area (Å²) in [6.45, 7) is 4.00. The molecule has 4 heteroatoms. The van der Waals surface area contributed by atoms with Gasteiger partial charge in [-0.05, 0) is 49.2 Å². The maximum atomic E-state index is 12.0. The second-order valence-electron chi connectivity index (χ2n) is 4.22. The second kappa shape index (κ2) is 4.87. The number of benzene rings is 1. The standard InChI is InChI=1S/C14H15N3O/c1-9-3-4-11(7-10(9)2)14(18)17-12-5-6-13(15)16-8-12/h3-8H,1-2H3,(H2,15,16)(H,17,18). The summed E-state index contributed by atoms with van der Waals surface area (Å²) < 4.78 is 0. The van der Waals surface area contributed by atoms with Crippen molar-refractivity contribution in [2.75, 3.05) is 11.1 Å². The number of hydrogen-bond acceptors (Lipinski definition) is 3. The lowest BCUT2D eigenvalue weighted by molar-refractivity contribution is 0.102. The van der Waals surface area contributed by atoms with Crippen LogP contribution in [0.25, 0.3) is 0 Å². The average molecular weight is 241 g/mol. The fraction of sp³-hybridized carbons (Fsp3) is 0.143. The number of carbonyl (C=O) groups is 1. The summed E-state index contributed by atoms with van der Waals surface area (Å²) in [5.74, 6) is 0.281. The van der Waals surface area contributed by atoms with Crippen molar-refractivity contribution < 1.29 is 4.79 Å². The molecule has 0 spiro atoms. The molecule has 0 fully saturated rings. The van der Waals surface area contributed by atoms with Gasteiger partial charge in [-0.15, -0.1) is 0 Å². The number of aryl methyl sites for hydroxylation is 2. The van der Waals surface area contributed by atoms with Crippen LogP contribution in [-0.4, -0.2) is 10.9 Å². The highest BCUT2D eigenvalue weighted by Gasteiger charge is 2.07. The molecule has 92 valence electrons. The van der Waals surface area contributed by atoms with E-state index in [4.69, 9.17) is 5.73 Å². The molecule has 0 aliphatic carbocycles. The quantitative estimate of drug-likeness (QED) is 0.849. The minimum absolute atomic E-state index is 0.148. The van der Waals surface area contributed by atoms with Gasteiger partial charge in [-0.25, -0.2) is 4.98 Å². The van der Waals surface area contributed by atoms with Crippen molar-refractivity contribution >= 4 is 17.4 Å². The first-order valence-electron chi connectivity index (χ1n) is 5.66. The molecular formula is C14H15N3O. The van der Waals surface area contributed by atoms with E-state index in [2.05, 4.69) is 10.3 Å². The Balaban J connectivity index is 2.16. The van der Waals surface area contributed by atoms with E-state index in [0.29, 0.717) is 17.1 Å². The molecule has 0 saturated carbocycles. The molecule has 4 nitrogen and oxygen atoms in total. The van der Waals surface area contributed by atoms with E-state index in [-0.39, 0.29) is 5.91 Å². The normalized spacial score (nSPS) is 10.1. The van der Waals surface area contributed by atoms with Crippen LogP contribution in [0, 0.1) is 13.8 Å². The van der Waals surface area contributed by atoms with Crippen LogP contribution in [0.1, 0.15) is 21.5 Å². The first-order valence-corrected chi connectivity index (χ1v) is 5.66. The van der Waals surface area contributed by atoms with E-state index in [9.17, 15) is 4.79 Å². The molecule has 0 atom stereocenters. The first kappa shape index (κ1) is 12.1. The molecular weight excluding hydrogens is 226 g/mol. The molecule has 2 rings (SSSR count). The Morgan fingerprint density at radius 2 is 1.94 bits per heavy atom. The van der Waals surface area contributed by atoms with Gasteiger partial charge in [-0.3, -0.25) is 4.79 Å². The number of carbonyl (C=O) groups excluding carboxylic acids is 1. The zero-order valence-electron chi connectivity index (χ0n) is 10.4. The number of nitrogen functional groups attached to an aromatic ring is 1. The first-order chi connectivity index (χ1) is 8.56. The van der Waals surface area contributed by atoms with E-state index in [1.54, 1.807) is 12.1 Å². The van der Waals surface area contributed by atoms with Crippen LogP contribution in [-0.2, 0) is 0 Å². The minimum atomic E-state index is -0.148. The summed E-state index contributed by atoms with van der Waals surface area (Å²) in [6, 6.07) is 8.99. The number of aromatic nitrogens is 1. The fourth-order valence-electron chi connectivity index (χ4n) is 1.57. The van der Waals surface area contributed by atoms with Gasteiger partial charge in [0.1, 0.15) is 5.82 Å². The van der Waals surface area contributed by atoms with Crippen LogP contribution >= 0.6 is 0 Å². The molecule has 3 N–H and O–H groups in total. The third kappa shape index (κ3) is 2.66. The van der Waals surface area contributed by atoms with Crippen molar-refractivity contribution in [3.8, 4) is 0 Å². The van der Waals surface area contributed by atoms with Gasteiger partial charge in [0.2, 0.25) is 0 Å². The number of amides is 1. The lowest BCUT2D eigenvalue weighted by atomic mass is 10.1. The van der Waals surface area contributed by atoms with Gasteiger partial charge < -0.3 is 11.1 Å². The van der Waals surface area contributed by atoms with Gasteiger partial charge in [-0.1, -0.05) is 6.07 Å². The molecule has 0 saturated heterocycles. The Morgan fingerprint density at radius 1 is 1.17 bits per heavy atom. The number of pyridine rings is 1. The van der Waals surface area contributed by atoms with Gasteiger partial charge in [0.15, 0.2) is 0 Å². The molecule has 1 aromatic carbocycles. The van der Waals surface area contributed by atoms with Crippen LogP contribution in [0.5, 0.6) is 0 Å². The highest BCUT2D eigenvalue weighted by atomic mass is 16.1. The number of anilines is 2. The molecule has 0 bridgehead atoms. The largest absolute Gasteiger partial charge is 0.384 e. The average Bonchev–Trinajstić information content (AvgIpc) is 2.35. The molecule has 0 unspecified atom stereocenters. The highest BCUT2D eigenvalue weighted by Crippen LogP contribution is 2.13. The lowest BCUT2D eigenvalue weighted by Gasteiger charge is -2.07. The Labute approximate surface area is 106 Å². The topological polar surface area (TPSA) is 68.0 Å². The van der Waals surface area contributed by atoms with Gasteiger partial charge >= 0.3 is 0 Å². The van der Waals surface area contributed by atoms with Crippen molar-refractivity contribution in [3.05, 3.63) is 53.2 Å². The van der Waals surface area contributed by atoms with E-state index in [0.717, 1.165) is 5.56 Å². The minimum Gasteiger partial charge on any atom is -0.384 e. The summed E-state index contributed by atoms with van der Waals surface area (Å²) in [5.41, 5.74) is 9.01. The number of nitrogens with one attached hydrogen (secondary N) is 1. The Kier molecular flexibility index (Phi) is 3.28. The number of nitrogens with zero attached hydrogens (tertiary/aromatic N) is 1. The van der Waals surface area contributed by atoms with Crippen LogP contribution < -0.4 is 11.1 Å². The summed E-state index contributed by atoms with van der Waals surface area (Å²) in [4.78, 5) is 15.9. The molecule has 0 aliphatic rings. The lowest BCUT2D eigenvalue weighted by Crippen LogP contribution is -2.12. The Hall–Kier alpha value is -2.36. The smallest absolute Gasteiger partial charge is 0.255 e. The molecule has 0 aliphatic heterocycles. The van der Waals surface area contributed by atoms with Crippen molar-refractivity contribution in [1.29, 1.82) is 0 Å². The van der Waals surface area contributed by atoms with E-state index >= 15 is 0 Å². The number of nitrogens with two attached hydrogens (primary N) is 1. The monoisotopic (exact) mass is 241 g/mol. The maximum Gasteiger partial charge on any atom is 0.255 e. The molecule has 1 amide bonds. The van der Waals surface area contributed by atoms with Gasteiger partial charge in [-0.2, -0.15) is 0 Å². The SMILES string of the molecule is Cc1ccc(C(=O)Nc2ccc(N)nc2)cc1C. The molecule has 1 heterocycles. The van der Waals surface area contributed by atoms with Gasteiger partial charge in [0, 0.05) is 5.56 Å². The van der Waals surface area contributed by atoms with Crippen molar-refractivity contribution in [3.63, 3.8) is 0 Å². The zero-order chi connectivity index (χ0) is 13.1. The van der Waals surface area contributed by atoms with E-state index in [1.807, 2.05) is 32.0 Å². The third-order valence-electron chi connectivity index (χ3n) is 2.81. The summed E-state index contributed by atoms with van der Waals surface area (Å²) >= 11 is 0.